The maximum Gasteiger partial charge on any atom is 0.313 e. The number of nitrogens with one attached hydrogen (secondary N) is 2. The van der Waals surface area contributed by atoms with Crippen molar-refractivity contribution in [1.29, 1.82) is 0 Å². The molecular formula is C22H23N5O3. The largest absolute Gasteiger partial charge is 0.366 e. The van der Waals surface area contributed by atoms with Gasteiger partial charge in [-0.2, -0.15) is 0 Å². The molecule has 1 aliphatic heterocycles. The van der Waals surface area contributed by atoms with Gasteiger partial charge in [-0.05, 0) is 54.0 Å². The molecule has 2 atom stereocenters. The van der Waals surface area contributed by atoms with Crippen molar-refractivity contribution in [2.75, 3.05) is 11.9 Å². The number of H-pyrrole nitrogens is 1. The first-order chi connectivity index (χ1) is 14.4. The number of hydrogen-bond acceptors (Lipinski definition) is 4. The molecule has 0 bridgehead atoms. The van der Waals surface area contributed by atoms with Crippen molar-refractivity contribution in [3.8, 4) is 0 Å². The number of likely N-dealkylation sites (tertiary alicyclic amines) is 1. The van der Waals surface area contributed by atoms with Crippen LogP contribution in [0.4, 0.5) is 5.69 Å². The fraction of sp³-hybridized carbons (Fsp3) is 0.273. The van der Waals surface area contributed by atoms with Crippen LogP contribution in [0.5, 0.6) is 0 Å². The van der Waals surface area contributed by atoms with Gasteiger partial charge in [0.05, 0.1) is 23.5 Å². The highest BCUT2D eigenvalue weighted by Gasteiger charge is 2.34. The van der Waals surface area contributed by atoms with Crippen LogP contribution in [-0.2, 0) is 9.59 Å². The molecule has 1 saturated heterocycles. The molecule has 1 unspecified atom stereocenters. The van der Waals surface area contributed by atoms with Gasteiger partial charge in [0.25, 0.3) is 0 Å². The fourth-order valence-electron chi connectivity index (χ4n) is 3.96. The number of aromatic amines is 1. The number of anilines is 1. The number of amides is 3. The Morgan fingerprint density at radius 1 is 1.17 bits per heavy atom. The Morgan fingerprint density at radius 2 is 2.00 bits per heavy atom. The number of piperidine rings is 1. The van der Waals surface area contributed by atoms with Crippen LogP contribution in [0.25, 0.3) is 10.9 Å². The van der Waals surface area contributed by atoms with Crippen LogP contribution < -0.4 is 11.1 Å². The van der Waals surface area contributed by atoms with Gasteiger partial charge >= 0.3 is 11.8 Å². The van der Waals surface area contributed by atoms with Crippen LogP contribution in [-0.4, -0.2) is 39.1 Å². The quantitative estimate of drug-likeness (QED) is 0.580. The van der Waals surface area contributed by atoms with Gasteiger partial charge in [0, 0.05) is 24.5 Å². The van der Waals surface area contributed by atoms with E-state index in [9.17, 15) is 14.4 Å². The van der Waals surface area contributed by atoms with E-state index in [2.05, 4.69) is 28.3 Å². The highest BCUT2D eigenvalue weighted by Crippen LogP contribution is 2.34. The average molecular weight is 405 g/mol. The van der Waals surface area contributed by atoms with Crippen molar-refractivity contribution >= 4 is 34.3 Å². The van der Waals surface area contributed by atoms with E-state index in [4.69, 9.17) is 5.73 Å². The predicted molar refractivity (Wildman–Crippen MR) is 113 cm³/mol. The number of nitrogens with two attached hydrogens (primary N) is 1. The van der Waals surface area contributed by atoms with Crippen LogP contribution in [0, 0.1) is 5.92 Å². The van der Waals surface area contributed by atoms with Gasteiger partial charge in [0.15, 0.2) is 0 Å². The number of fused-ring (bicyclic) bond motifs is 1. The van der Waals surface area contributed by atoms with Crippen molar-refractivity contribution in [1.82, 2.24) is 14.9 Å². The van der Waals surface area contributed by atoms with E-state index in [0.29, 0.717) is 12.5 Å². The highest BCUT2D eigenvalue weighted by atomic mass is 16.2. The molecule has 3 amide bonds. The smallest absolute Gasteiger partial charge is 0.313 e. The summed E-state index contributed by atoms with van der Waals surface area (Å²) in [6.07, 6.45) is 6.32. The normalized spacial score (nSPS) is 18.9. The zero-order valence-corrected chi connectivity index (χ0v) is 16.6. The Bertz CT molecular complexity index is 1120. The maximum absolute atomic E-state index is 13.1. The lowest BCUT2D eigenvalue weighted by Crippen LogP contribution is -2.46. The first-order valence-electron chi connectivity index (χ1n) is 9.86. The van der Waals surface area contributed by atoms with Crippen LogP contribution in [0.1, 0.15) is 41.7 Å². The third-order valence-corrected chi connectivity index (χ3v) is 5.52. The summed E-state index contributed by atoms with van der Waals surface area (Å²) in [7, 11) is 0. The van der Waals surface area contributed by atoms with E-state index < -0.39 is 17.7 Å². The molecule has 1 aliphatic rings. The number of carbonyl (C=O) groups excluding carboxylic acids is 3. The van der Waals surface area contributed by atoms with Gasteiger partial charge in [0.2, 0.25) is 5.91 Å². The number of benzene rings is 1. The molecule has 0 spiro atoms. The van der Waals surface area contributed by atoms with E-state index >= 15 is 0 Å². The number of nitrogens with zero attached hydrogens (tertiary/aromatic N) is 2. The molecule has 0 radical (unpaired) electrons. The summed E-state index contributed by atoms with van der Waals surface area (Å²) in [5.41, 5.74) is 7.69. The number of pyridine rings is 1. The Labute approximate surface area is 173 Å². The summed E-state index contributed by atoms with van der Waals surface area (Å²) in [6.45, 7) is 2.58. The Hall–Kier alpha value is -3.68. The molecule has 1 aromatic carbocycles. The van der Waals surface area contributed by atoms with Crippen LogP contribution >= 0.6 is 0 Å². The summed E-state index contributed by atoms with van der Waals surface area (Å²) < 4.78 is 0. The molecule has 4 N–H and O–H groups in total. The standard InChI is InChI=1S/C22H23N5O3/c1-13-2-5-19(15-3-4-18-14(8-15)6-7-25-18)27(12-13)22(30)21(29)26-17-9-16(20(23)28)10-24-11-17/h3-4,6-11,13,19,25H,2,5,12H2,1H3,(H2,23,28)(H,26,29)/t13-,19?/m0/s1. The van der Waals surface area contributed by atoms with E-state index in [1.807, 2.05) is 24.4 Å². The molecule has 2 aromatic heterocycles. The molecule has 1 fully saturated rings. The molecule has 3 aromatic rings. The molecule has 0 aliphatic carbocycles. The van der Waals surface area contributed by atoms with Crippen LogP contribution in [0.3, 0.4) is 0 Å². The third kappa shape index (κ3) is 3.89. The number of rotatable bonds is 3. The second-order valence-electron chi connectivity index (χ2n) is 7.76. The summed E-state index contributed by atoms with van der Waals surface area (Å²) in [4.78, 5) is 45.8. The third-order valence-electron chi connectivity index (χ3n) is 5.52. The lowest BCUT2D eigenvalue weighted by molar-refractivity contribution is -0.146. The second kappa shape index (κ2) is 7.98. The first-order valence-corrected chi connectivity index (χ1v) is 9.86. The van der Waals surface area contributed by atoms with Crippen molar-refractivity contribution in [2.24, 2.45) is 11.7 Å². The summed E-state index contributed by atoms with van der Waals surface area (Å²) in [5.74, 6) is -1.73. The minimum Gasteiger partial charge on any atom is -0.366 e. The van der Waals surface area contributed by atoms with Crippen LogP contribution in [0.15, 0.2) is 48.9 Å². The Balaban J connectivity index is 1.56. The highest BCUT2D eigenvalue weighted by molar-refractivity contribution is 6.39. The molecule has 30 heavy (non-hydrogen) atoms. The summed E-state index contributed by atoms with van der Waals surface area (Å²) >= 11 is 0. The molecule has 4 rings (SSSR count). The summed E-state index contributed by atoms with van der Waals surface area (Å²) in [5, 5.41) is 3.61. The van der Waals surface area contributed by atoms with E-state index in [0.717, 1.165) is 29.3 Å². The molecular weight excluding hydrogens is 382 g/mol. The topological polar surface area (TPSA) is 121 Å². The first kappa shape index (κ1) is 19.6. The van der Waals surface area contributed by atoms with E-state index in [-0.39, 0.29) is 17.3 Å². The van der Waals surface area contributed by atoms with E-state index in [1.165, 1.54) is 18.5 Å². The van der Waals surface area contributed by atoms with Crippen LogP contribution in [0.2, 0.25) is 0 Å². The van der Waals surface area contributed by atoms with E-state index in [1.54, 1.807) is 4.90 Å². The SMILES string of the molecule is C[C@H]1CCC(c2ccc3[nH]ccc3c2)N(C(=O)C(=O)Nc2cncc(C(N)=O)c2)C1. The predicted octanol–water partition coefficient (Wildman–Crippen LogP) is 2.60. The number of aromatic nitrogens is 2. The molecule has 154 valence electrons. The Morgan fingerprint density at radius 3 is 2.80 bits per heavy atom. The van der Waals surface area contributed by atoms with Gasteiger partial charge in [-0.1, -0.05) is 13.0 Å². The lowest BCUT2D eigenvalue weighted by atomic mass is 9.89. The van der Waals surface area contributed by atoms with Gasteiger partial charge in [-0.15, -0.1) is 0 Å². The number of primary amides is 1. The van der Waals surface area contributed by atoms with Gasteiger partial charge in [-0.25, -0.2) is 0 Å². The monoisotopic (exact) mass is 405 g/mol. The molecule has 8 nitrogen and oxygen atoms in total. The summed E-state index contributed by atoms with van der Waals surface area (Å²) in [6, 6.07) is 9.27. The maximum atomic E-state index is 13.1. The van der Waals surface area contributed by atoms with Crippen molar-refractivity contribution in [3.63, 3.8) is 0 Å². The Kier molecular flexibility index (Phi) is 5.22. The van der Waals surface area contributed by atoms with Gasteiger partial charge in [-0.3, -0.25) is 19.4 Å². The van der Waals surface area contributed by atoms with Gasteiger partial charge < -0.3 is 20.9 Å². The number of hydrogen-bond donors (Lipinski definition) is 3. The van der Waals surface area contributed by atoms with Crippen molar-refractivity contribution < 1.29 is 14.4 Å². The minimum absolute atomic E-state index is 0.157. The second-order valence-corrected chi connectivity index (χ2v) is 7.76. The molecule has 0 saturated carbocycles. The average Bonchev–Trinajstić information content (AvgIpc) is 3.21. The zero-order valence-electron chi connectivity index (χ0n) is 16.6. The molecule has 3 heterocycles. The zero-order chi connectivity index (χ0) is 21.3. The fourth-order valence-corrected chi connectivity index (χ4v) is 3.96. The lowest BCUT2D eigenvalue weighted by Gasteiger charge is -2.38. The van der Waals surface area contributed by atoms with Crippen molar-refractivity contribution in [2.45, 2.75) is 25.8 Å². The molecule has 8 heteroatoms. The van der Waals surface area contributed by atoms with Crippen molar-refractivity contribution in [3.05, 3.63) is 60.0 Å². The van der Waals surface area contributed by atoms with Gasteiger partial charge in [0.1, 0.15) is 0 Å². The number of carbonyl (C=O) groups is 3. The minimum atomic E-state index is -0.764.